The molecule has 0 aliphatic heterocycles. The minimum Gasteiger partial charge on any atom is -0.469 e. The topological polar surface area (TPSA) is 25.2 Å². The normalized spacial score (nSPS) is 25.9. The lowest BCUT2D eigenvalue weighted by Crippen LogP contribution is -2.30. The number of rotatable bonds is 2. The van der Waals surface area contributed by atoms with Crippen LogP contribution in [0.15, 0.2) is 28.2 Å². The molecule has 2 aliphatic carbocycles. The maximum Gasteiger partial charge on any atom is 0.108 e. The van der Waals surface area contributed by atoms with Gasteiger partial charge in [-0.3, -0.25) is 0 Å². The van der Waals surface area contributed by atoms with Gasteiger partial charge in [-0.05, 0) is 55.2 Å². The first-order chi connectivity index (χ1) is 9.42. The van der Waals surface area contributed by atoms with Gasteiger partial charge >= 0.3 is 0 Å². The number of fused-ring (bicyclic) bond motifs is 2. The summed E-state index contributed by atoms with van der Waals surface area (Å²) < 4.78 is 5.59. The van der Waals surface area contributed by atoms with Gasteiger partial charge in [0.2, 0.25) is 0 Å². The largest absolute Gasteiger partial charge is 0.469 e. The second kappa shape index (κ2) is 4.80. The van der Waals surface area contributed by atoms with E-state index in [0.29, 0.717) is 12.1 Å². The Balaban J connectivity index is 1.58. The van der Waals surface area contributed by atoms with Crippen molar-refractivity contribution in [2.24, 2.45) is 0 Å². The standard InChI is InChI=1S/C16H19NOS/c1-3-13(11-7-9-18-15(11)5-1)17-14-4-2-6-16-12(14)8-10-19-16/h7-10,13-14,17H,1-6H2. The van der Waals surface area contributed by atoms with Crippen molar-refractivity contribution >= 4 is 11.3 Å². The van der Waals surface area contributed by atoms with Gasteiger partial charge in [-0.25, -0.2) is 0 Å². The molecule has 0 spiro atoms. The van der Waals surface area contributed by atoms with E-state index in [1.807, 2.05) is 17.6 Å². The highest BCUT2D eigenvalue weighted by Crippen LogP contribution is 2.37. The van der Waals surface area contributed by atoms with Crippen LogP contribution in [0.4, 0.5) is 0 Å². The summed E-state index contributed by atoms with van der Waals surface area (Å²) in [7, 11) is 0. The molecule has 2 aliphatic rings. The van der Waals surface area contributed by atoms with Gasteiger partial charge in [0.25, 0.3) is 0 Å². The summed E-state index contributed by atoms with van der Waals surface area (Å²) in [6.07, 6.45) is 9.29. The molecule has 0 amide bonds. The van der Waals surface area contributed by atoms with E-state index >= 15 is 0 Å². The van der Waals surface area contributed by atoms with Crippen molar-refractivity contribution in [3.63, 3.8) is 0 Å². The highest BCUT2D eigenvalue weighted by atomic mass is 32.1. The summed E-state index contributed by atoms with van der Waals surface area (Å²) in [6.45, 7) is 0. The van der Waals surface area contributed by atoms with Crippen molar-refractivity contribution in [3.8, 4) is 0 Å². The van der Waals surface area contributed by atoms with Gasteiger partial charge in [-0.1, -0.05) is 0 Å². The lowest BCUT2D eigenvalue weighted by molar-refractivity contribution is 0.355. The Labute approximate surface area is 117 Å². The molecule has 2 atom stereocenters. The van der Waals surface area contributed by atoms with Crippen LogP contribution in [0.25, 0.3) is 0 Å². The molecular formula is C16H19NOS. The van der Waals surface area contributed by atoms with E-state index in [1.54, 1.807) is 10.4 Å². The monoisotopic (exact) mass is 273 g/mol. The van der Waals surface area contributed by atoms with E-state index in [4.69, 9.17) is 4.42 Å². The van der Waals surface area contributed by atoms with E-state index in [0.717, 1.165) is 6.42 Å². The molecule has 4 rings (SSSR count). The SMILES string of the molecule is c1cc2c(o1)CCCC2NC1CCCc2sccc21. The van der Waals surface area contributed by atoms with Crippen LogP contribution in [0.2, 0.25) is 0 Å². The minimum absolute atomic E-state index is 0.485. The van der Waals surface area contributed by atoms with Crippen LogP contribution < -0.4 is 5.32 Å². The van der Waals surface area contributed by atoms with Crippen LogP contribution in [-0.2, 0) is 12.8 Å². The fourth-order valence-electron chi connectivity index (χ4n) is 3.56. The average Bonchev–Trinajstić information content (AvgIpc) is 3.08. The van der Waals surface area contributed by atoms with Gasteiger partial charge in [0.1, 0.15) is 5.76 Å². The van der Waals surface area contributed by atoms with Crippen LogP contribution in [0.5, 0.6) is 0 Å². The van der Waals surface area contributed by atoms with Crippen molar-refractivity contribution in [1.82, 2.24) is 5.32 Å². The second-order valence-electron chi connectivity index (χ2n) is 5.65. The first-order valence-corrected chi connectivity index (χ1v) is 8.18. The highest BCUT2D eigenvalue weighted by molar-refractivity contribution is 7.10. The Kier molecular flexibility index (Phi) is 2.97. The third-order valence-electron chi connectivity index (χ3n) is 4.51. The molecule has 0 fully saturated rings. The lowest BCUT2D eigenvalue weighted by atomic mass is 9.89. The fraction of sp³-hybridized carbons (Fsp3) is 0.500. The molecule has 0 aromatic carbocycles. The second-order valence-corrected chi connectivity index (χ2v) is 6.66. The molecule has 2 unspecified atom stereocenters. The van der Waals surface area contributed by atoms with E-state index < -0.39 is 0 Å². The quantitative estimate of drug-likeness (QED) is 0.878. The minimum atomic E-state index is 0.485. The molecule has 2 nitrogen and oxygen atoms in total. The molecule has 2 aromatic rings. The molecule has 2 aromatic heterocycles. The smallest absolute Gasteiger partial charge is 0.108 e. The van der Waals surface area contributed by atoms with Gasteiger partial charge in [0.05, 0.1) is 6.26 Å². The van der Waals surface area contributed by atoms with Crippen LogP contribution in [0.1, 0.15) is 59.5 Å². The summed E-state index contributed by atoms with van der Waals surface area (Å²) in [4.78, 5) is 1.59. The Morgan fingerprint density at radius 2 is 1.89 bits per heavy atom. The van der Waals surface area contributed by atoms with E-state index in [1.165, 1.54) is 43.4 Å². The summed E-state index contributed by atoms with van der Waals surface area (Å²) in [5.41, 5.74) is 2.94. The number of hydrogen-bond donors (Lipinski definition) is 1. The lowest BCUT2D eigenvalue weighted by Gasteiger charge is -2.30. The van der Waals surface area contributed by atoms with Crippen LogP contribution in [0.3, 0.4) is 0 Å². The average molecular weight is 273 g/mol. The summed E-state index contributed by atoms with van der Waals surface area (Å²) in [5.74, 6) is 1.20. The predicted molar refractivity (Wildman–Crippen MR) is 77.5 cm³/mol. The predicted octanol–water partition coefficient (Wildman–Crippen LogP) is 4.39. The maximum atomic E-state index is 5.59. The first kappa shape index (κ1) is 11.7. The van der Waals surface area contributed by atoms with Crippen LogP contribution >= 0.6 is 11.3 Å². The highest BCUT2D eigenvalue weighted by Gasteiger charge is 2.28. The zero-order valence-electron chi connectivity index (χ0n) is 11.0. The maximum absolute atomic E-state index is 5.59. The molecule has 1 N–H and O–H groups in total. The third-order valence-corrected chi connectivity index (χ3v) is 5.50. The van der Waals surface area contributed by atoms with Crippen molar-refractivity contribution in [3.05, 3.63) is 45.5 Å². The van der Waals surface area contributed by atoms with E-state index in [9.17, 15) is 0 Å². The zero-order valence-corrected chi connectivity index (χ0v) is 11.8. The number of hydrogen-bond acceptors (Lipinski definition) is 3. The van der Waals surface area contributed by atoms with Crippen molar-refractivity contribution in [1.29, 1.82) is 0 Å². The molecule has 0 bridgehead atoms. The Hall–Kier alpha value is -1.06. The molecule has 0 radical (unpaired) electrons. The third kappa shape index (κ3) is 2.05. The molecular weight excluding hydrogens is 254 g/mol. The van der Waals surface area contributed by atoms with E-state index in [-0.39, 0.29) is 0 Å². The fourth-order valence-corrected chi connectivity index (χ4v) is 4.55. The zero-order chi connectivity index (χ0) is 12.7. The molecule has 0 saturated heterocycles. The number of furan rings is 1. The Morgan fingerprint density at radius 3 is 2.84 bits per heavy atom. The van der Waals surface area contributed by atoms with Crippen molar-refractivity contribution in [2.45, 2.75) is 50.6 Å². The summed E-state index contributed by atoms with van der Waals surface area (Å²) in [5, 5.41) is 6.13. The Morgan fingerprint density at radius 1 is 1.05 bits per heavy atom. The number of thiophene rings is 1. The van der Waals surface area contributed by atoms with Gasteiger partial charge in [0.15, 0.2) is 0 Å². The van der Waals surface area contributed by atoms with Crippen molar-refractivity contribution in [2.75, 3.05) is 0 Å². The molecule has 3 heteroatoms. The first-order valence-electron chi connectivity index (χ1n) is 7.30. The van der Waals surface area contributed by atoms with Crippen molar-refractivity contribution < 1.29 is 4.42 Å². The van der Waals surface area contributed by atoms with Crippen LogP contribution in [0, 0.1) is 0 Å². The summed E-state index contributed by atoms with van der Waals surface area (Å²) >= 11 is 1.92. The molecule has 2 heterocycles. The van der Waals surface area contributed by atoms with Gasteiger partial charge in [0, 0.05) is 28.9 Å². The molecule has 0 saturated carbocycles. The van der Waals surface area contributed by atoms with Crippen LogP contribution in [-0.4, -0.2) is 0 Å². The number of nitrogens with one attached hydrogen (secondary N) is 1. The van der Waals surface area contributed by atoms with Gasteiger partial charge in [-0.2, -0.15) is 0 Å². The molecule has 19 heavy (non-hydrogen) atoms. The Bertz CT molecular complexity index is 521. The van der Waals surface area contributed by atoms with E-state index in [2.05, 4.69) is 22.8 Å². The van der Waals surface area contributed by atoms with Gasteiger partial charge in [-0.15, -0.1) is 11.3 Å². The summed E-state index contributed by atoms with van der Waals surface area (Å²) in [6, 6.07) is 5.50. The molecule has 100 valence electrons. The van der Waals surface area contributed by atoms with Gasteiger partial charge < -0.3 is 9.73 Å². The number of aryl methyl sites for hydroxylation is 2.